The third kappa shape index (κ3) is 2.08. The molecule has 0 amide bonds. The molecular formula is C20H26ClFO3. The van der Waals surface area contributed by atoms with E-state index in [1.807, 2.05) is 19.9 Å². The summed E-state index contributed by atoms with van der Waals surface area (Å²) in [6.45, 7) is 3.81. The lowest BCUT2D eigenvalue weighted by atomic mass is 9.43. The Morgan fingerprint density at radius 3 is 2.68 bits per heavy atom. The third-order valence-corrected chi connectivity index (χ3v) is 8.29. The molecule has 0 heterocycles. The number of aliphatic hydroxyl groups is 2. The van der Waals surface area contributed by atoms with Crippen molar-refractivity contribution in [1.82, 2.24) is 0 Å². The van der Waals surface area contributed by atoms with E-state index in [9.17, 15) is 15.0 Å². The number of aliphatic hydroxyl groups excluding tert-OH is 2. The molecule has 1 unspecified atom stereocenters. The molecular weight excluding hydrogens is 343 g/mol. The minimum absolute atomic E-state index is 0.0607. The first kappa shape index (κ1) is 17.7. The van der Waals surface area contributed by atoms with E-state index in [0.29, 0.717) is 37.1 Å². The van der Waals surface area contributed by atoms with Crippen LogP contribution in [-0.4, -0.2) is 33.9 Å². The van der Waals surface area contributed by atoms with Gasteiger partial charge < -0.3 is 10.2 Å². The maximum Gasteiger partial charge on any atom is 0.155 e. The molecule has 0 radical (unpaired) electrons. The van der Waals surface area contributed by atoms with Crippen LogP contribution in [0.1, 0.15) is 52.4 Å². The maximum atomic E-state index is 16.7. The third-order valence-electron chi connectivity index (χ3n) is 7.93. The van der Waals surface area contributed by atoms with Gasteiger partial charge in [-0.2, -0.15) is 0 Å². The van der Waals surface area contributed by atoms with Crippen LogP contribution < -0.4 is 0 Å². The molecule has 0 saturated heterocycles. The number of carbonyl (C=O) groups excluding carboxylic acids is 1. The molecule has 2 N–H and O–H groups in total. The Morgan fingerprint density at radius 2 is 1.96 bits per heavy atom. The summed E-state index contributed by atoms with van der Waals surface area (Å²) in [5.41, 5.74) is -2.33. The van der Waals surface area contributed by atoms with Gasteiger partial charge in [0.25, 0.3) is 0 Å². The van der Waals surface area contributed by atoms with Crippen LogP contribution in [0.5, 0.6) is 0 Å². The SMILES string of the molecule is C[C@]12CCC(=O)C=C1CC[C@H]1[C@@H]3CC=C(Cl)C(O)[C@@]3(C)C[C@H](O)[C@@]12F. The van der Waals surface area contributed by atoms with E-state index in [0.717, 1.165) is 5.57 Å². The van der Waals surface area contributed by atoms with Crippen LogP contribution in [0.2, 0.25) is 0 Å². The van der Waals surface area contributed by atoms with Gasteiger partial charge in [0.2, 0.25) is 0 Å². The summed E-state index contributed by atoms with van der Waals surface area (Å²) in [5.74, 6) is -0.339. The molecule has 2 saturated carbocycles. The second kappa shape index (κ2) is 5.40. The summed E-state index contributed by atoms with van der Waals surface area (Å²) in [6.07, 6.45) is 4.29. The average molecular weight is 369 g/mol. The lowest BCUT2D eigenvalue weighted by Gasteiger charge is -2.64. The van der Waals surface area contributed by atoms with E-state index >= 15 is 4.39 Å². The summed E-state index contributed by atoms with van der Waals surface area (Å²) in [6, 6.07) is 0. The van der Waals surface area contributed by atoms with Gasteiger partial charge in [0.05, 0.1) is 12.2 Å². The number of rotatable bonds is 0. The fourth-order valence-electron chi connectivity index (χ4n) is 6.37. The molecule has 4 rings (SSSR count). The topological polar surface area (TPSA) is 57.5 Å². The van der Waals surface area contributed by atoms with Gasteiger partial charge in [-0.25, -0.2) is 4.39 Å². The van der Waals surface area contributed by atoms with Crippen molar-refractivity contribution in [3.05, 3.63) is 22.8 Å². The van der Waals surface area contributed by atoms with E-state index in [1.54, 1.807) is 6.08 Å². The van der Waals surface area contributed by atoms with Crippen molar-refractivity contribution in [1.29, 1.82) is 0 Å². The summed E-state index contributed by atoms with van der Waals surface area (Å²) in [4.78, 5) is 11.8. The number of hydrogen-bond donors (Lipinski definition) is 2. The van der Waals surface area contributed by atoms with Crippen LogP contribution in [0.25, 0.3) is 0 Å². The number of fused-ring (bicyclic) bond motifs is 5. The molecule has 25 heavy (non-hydrogen) atoms. The molecule has 0 aliphatic heterocycles. The number of halogens is 2. The van der Waals surface area contributed by atoms with Gasteiger partial charge in [-0.3, -0.25) is 4.79 Å². The van der Waals surface area contributed by atoms with Crippen molar-refractivity contribution in [3.8, 4) is 0 Å². The Kier molecular flexibility index (Phi) is 3.82. The molecule has 0 spiro atoms. The number of hydrogen-bond acceptors (Lipinski definition) is 3. The first-order valence-corrected chi connectivity index (χ1v) is 9.67. The summed E-state index contributed by atoms with van der Waals surface area (Å²) in [5, 5.41) is 22.1. The van der Waals surface area contributed by atoms with Crippen LogP contribution in [0.15, 0.2) is 22.8 Å². The van der Waals surface area contributed by atoms with E-state index in [-0.39, 0.29) is 24.0 Å². The Morgan fingerprint density at radius 1 is 1.24 bits per heavy atom. The predicted octanol–water partition coefficient (Wildman–Crippen LogP) is 3.67. The molecule has 0 aromatic rings. The second-order valence-electron chi connectivity index (χ2n) is 8.94. The molecule has 3 nitrogen and oxygen atoms in total. The van der Waals surface area contributed by atoms with Crippen molar-refractivity contribution in [2.24, 2.45) is 22.7 Å². The van der Waals surface area contributed by atoms with Crippen molar-refractivity contribution in [3.63, 3.8) is 0 Å². The van der Waals surface area contributed by atoms with Crippen LogP contribution in [0.3, 0.4) is 0 Å². The zero-order chi connectivity index (χ0) is 18.2. The first-order chi connectivity index (χ1) is 11.6. The standard InChI is InChI=1S/C20H26ClFO3/c1-18-10-16(24)20(22)14(13(18)5-6-15(21)17(18)25)4-3-11-9-12(23)7-8-19(11,20)2/h6,9,13-14,16-17,24-25H,3-5,7-8,10H2,1-2H3/t13-,14-,16-,17?,18-,19-,20-/m0/s1. The van der Waals surface area contributed by atoms with E-state index in [1.165, 1.54) is 0 Å². The fourth-order valence-corrected chi connectivity index (χ4v) is 6.71. The van der Waals surface area contributed by atoms with Gasteiger partial charge in [0.1, 0.15) is 5.67 Å². The van der Waals surface area contributed by atoms with Crippen LogP contribution in [0.4, 0.5) is 4.39 Å². The molecule has 0 aromatic carbocycles. The average Bonchev–Trinajstić information content (AvgIpc) is 2.55. The first-order valence-electron chi connectivity index (χ1n) is 9.29. The van der Waals surface area contributed by atoms with E-state index < -0.39 is 28.7 Å². The highest BCUT2D eigenvalue weighted by Gasteiger charge is 2.70. The van der Waals surface area contributed by atoms with Gasteiger partial charge in [0.15, 0.2) is 5.78 Å². The van der Waals surface area contributed by atoms with Crippen molar-refractivity contribution in [2.45, 2.75) is 70.2 Å². The molecule has 4 aliphatic carbocycles. The molecule has 0 aromatic heterocycles. The number of allylic oxidation sites excluding steroid dienone is 3. The summed E-state index contributed by atoms with van der Waals surface area (Å²) in [7, 11) is 0. The van der Waals surface area contributed by atoms with Crippen molar-refractivity contribution in [2.75, 3.05) is 0 Å². The molecule has 2 fully saturated rings. The zero-order valence-corrected chi connectivity index (χ0v) is 15.5. The highest BCUT2D eigenvalue weighted by molar-refractivity contribution is 6.30. The van der Waals surface area contributed by atoms with E-state index in [2.05, 4.69) is 0 Å². The van der Waals surface area contributed by atoms with Crippen molar-refractivity contribution < 1.29 is 19.4 Å². The fraction of sp³-hybridized carbons (Fsp3) is 0.750. The van der Waals surface area contributed by atoms with Gasteiger partial charge >= 0.3 is 0 Å². The Bertz CT molecular complexity index is 688. The second-order valence-corrected chi connectivity index (χ2v) is 9.38. The van der Waals surface area contributed by atoms with Crippen LogP contribution in [-0.2, 0) is 4.79 Å². The molecule has 0 bridgehead atoms. The number of carbonyl (C=O) groups is 1. The summed E-state index contributed by atoms with van der Waals surface area (Å²) >= 11 is 6.18. The van der Waals surface area contributed by atoms with Gasteiger partial charge in [-0.05, 0) is 44.1 Å². The van der Waals surface area contributed by atoms with Gasteiger partial charge in [-0.15, -0.1) is 0 Å². The highest BCUT2D eigenvalue weighted by atomic mass is 35.5. The number of ketones is 1. The number of alkyl halides is 1. The molecule has 7 atom stereocenters. The van der Waals surface area contributed by atoms with E-state index in [4.69, 9.17) is 11.6 Å². The smallest absolute Gasteiger partial charge is 0.155 e. The Labute approximate surface area is 152 Å². The quantitative estimate of drug-likeness (QED) is 0.685. The van der Waals surface area contributed by atoms with Gasteiger partial charge in [-0.1, -0.05) is 37.1 Å². The van der Waals surface area contributed by atoms with Crippen LogP contribution >= 0.6 is 11.6 Å². The lowest BCUT2D eigenvalue weighted by Crippen LogP contribution is -2.69. The normalized spacial score (nSPS) is 52.5. The van der Waals surface area contributed by atoms with Crippen LogP contribution in [0, 0.1) is 22.7 Å². The summed E-state index contributed by atoms with van der Waals surface area (Å²) < 4.78 is 16.7. The molecule has 4 aliphatic rings. The maximum absolute atomic E-state index is 16.7. The largest absolute Gasteiger partial charge is 0.390 e. The minimum Gasteiger partial charge on any atom is -0.390 e. The predicted molar refractivity (Wildman–Crippen MR) is 93.8 cm³/mol. The monoisotopic (exact) mass is 368 g/mol. The minimum atomic E-state index is -1.76. The van der Waals surface area contributed by atoms with Gasteiger partial charge in [0, 0.05) is 28.2 Å². The zero-order valence-electron chi connectivity index (χ0n) is 14.8. The lowest BCUT2D eigenvalue weighted by molar-refractivity contribution is -0.223. The Balaban J connectivity index is 1.82. The Hall–Kier alpha value is -0.710. The highest BCUT2D eigenvalue weighted by Crippen LogP contribution is 2.67. The molecule has 5 heteroatoms. The molecule has 138 valence electrons. The van der Waals surface area contributed by atoms with Crippen molar-refractivity contribution >= 4 is 17.4 Å².